The van der Waals surface area contributed by atoms with Crippen LogP contribution >= 0.6 is 11.6 Å². The molecule has 0 bridgehead atoms. The summed E-state index contributed by atoms with van der Waals surface area (Å²) in [4.78, 5) is 11.6. The van der Waals surface area contributed by atoms with Crippen LogP contribution in [0.5, 0.6) is 0 Å². The molecule has 0 atom stereocenters. The highest BCUT2D eigenvalue weighted by atomic mass is 35.5. The highest BCUT2D eigenvalue weighted by molar-refractivity contribution is 6.62. The Morgan fingerprint density at radius 3 is 2.29 bits per heavy atom. The molecular weight excluding hydrogens is 292 g/mol. The summed E-state index contributed by atoms with van der Waals surface area (Å²) in [6, 6.07) is 3.53. The van der Waals surface area contributed by atoms with Gasteiger partial charge in [0.2, 0.25) is 0 Å². The number of rotatable bonds is 1. The summed E-state index contributed by atoms with van der Waals surface area (Å²) in [5.74, 6) is -0.446. The lowest BCUT2D eigenvalue weighted by molar-refractivity contribution is 0.00578. The average Bonchev–Trinajstić information content (AvgIpc) is 2.76. The zero-order valence-electron chi connectivity index (χ0n) is 12.7. The fraction of sp³-hybridized carbons (Fsp3) is 0.500. The van der Waals surface area contributed by atoms with Crippen molar-refractivity contribution in [2.24, 2.45) is 7.05 Å². The molecule has 21 heavy (non-hydrogen) atoms. The fourth-order valence-electron chi connectivity index (χ4n) is 2.32. The molecule has 0 spiro atoms. The van der Waals surface area contributed by atoms with Crippen LogP contribution in [-0.2, 0) is 16.4 Å². The Hall–Kier alpha value is -1.24. The molecule has 2 heterocycles. The quantitative estimate of drug-likeness (QED) is 0.757. The second-order valence-corrected chi connectivity index (χ2v) is 6.77. The van der Waals surface area contributed by atoms with Gasteiger partial charge < -0.3 is 13.7 Å². The first-order chi connectivity index (χ1) is 9.62. The first-order valence-electron chi connectivity index (χ1n) is 6.77. The summed E-state index contributed by atoms with van der Waals surface area (Å²) in [5, 5.41) is 0.370. The molecule has 112 valence electrons. The molecule has 2 aromatic rings. The van der Waals surface area contributed by atoms with E-state index in [1.165, 1.54) is 4.57 Å². The van der Waals surface area contributed by atoms with Gasteiger partial charge in [-0.2, -0.15) is 0 Å². The van der Waals surface area contributed by atoms with E-state index in [0.29, 0.717) is 16.1 Å². The van der Waals surface area contributed by atoms with Crippen LogP contribution in [0, 0.1) is 0 Å². The molecule has 1 aliphatic rings. The number of aryl methyl sites for hydroxylation is 1. The van der Waals surface area contributed by atoms with Crippen molar-refractivity contribution in [3.8, 4) is 0 Å². The van der Waals surface area contributed by atoms with Crippen molar-refractivity contribution >= 4 is 35.3 Å². The zero-order valence-corrected chi connectivity index (χ0v) is 13.4. The molecule has 0 radical (unpaired) electrons. The van der Waals surface area contributed by atoms with Gasteiger partial charge in [-0.25, -0.2) is 4.79 Å². The molecule has 1 aromatic carbocycles. The van der Waals surface area contributed by atoms with E-state index in [0.717, 1.165) is 5.46 Å². The largest absolute Gasteiger partial charge is 0.494 e. The van der Waals surface area contributed by atoms with Gasteiger partial charge in [-0.05, 0) is 45.3 Å². The molecule has 0 unspecified atom stereocenters. The summed E-state index contributed by atoms with van der Waals surface area (Å²) in [7, 11) is 1.11. The molecule has 0 aliphatic carbocycles. The van der Waals surface area contributed by atoms with Gasteiger partial charge in [0.05, 0.1) is 21.7 Å². The molecule has 1 aromatic heterocycles. The van der Waals surface area contributed by atoms with Gasteiger partial charge in [0.25, 0.3) is 0 Å². The van der Waals surface area contributed by atoms with Gasteiger partial charge >= 0.3 is 12.9 Å². The van der Waals surface area contributed by atoms with Gasteiger partial charge in [0.1, 0.15) is 0 Å². The Kier molecular flexibility index (Phi) is 3.07. The van der Waals surface area contributed by atoms with E-state index in [4.69, 9.17) is 25.3 Å². The third kappa shape index (κ3) is 2.13. The summed E-state index contributed by atoms with van der Waals surface area (Å²) < 4.78 is 18.5. The molecule has 1 fully saturated rings. The van der Waals surface area contributed by atoms with Crippen LogP contribution < -0.4 is 11.2 Å². The van der Waals surface area contributed by atoms with Crippen molar-refractivity contribution < 1.29 is 13.7 Å². The van der Waals surface area contributed by atoms with Crippen LogP contribution in [0.15, 0.2) is 21.3 Å². The van der Waals surface area contributed by atoms with Gasteiger partial charge in [-0.15, -0.1) is 0 Å². The van der Waals surface area contributed by atoms with E-state index in [1.807, 2.05) is 33.8 Å². The highest BCUT2D eigenvalue weighted by Crippen LogP contribution is 2.37. The number of oxazole rings is 1. The predicted octanol–water partition coefficient (Wildman–Crippen LogP) is 2.08. The molecule has 3 rings (SSSR count). The Morgan fingerprint density at radius 2 is 1.71 bits per heavy atom. The lowest BCUT2D eigenvalue weighted by Crippen LogP contribution is -2.41. The third-order valence-corrected chi connectivity index (χ3v) is 4.68. The Bertz CT molecular complexity index is 761. The number of fused-ring (bicyclic) bond motifs is 1. The van der Waals surface area contributed by atoms with Gasteiger partial charge in [0.15, 0.2) is 5.58 Å². The zero-order chi connectivity index (χ0) is 15.6. The van der Waals surface area contributed by atoms with Crippen molar-refractivity contribution in [1.29, 1.82) is 0 Å². The Labute approximate surface area is 127 Å². The van der Waals surface area contributed by atoms with Gasteiger partial charge in [-0.3, -0.25) is 4.57 Å². The molecule has 1 saturated heterocycles. The molecular formula is C14H17BClNO4. The Balaban J connectivity index is 2.11. The van der Waals surface area contributed by atoms with Crippen LogP contribution in [0.4, 0.5) is 0 Å². The number of nitrogens with zero attached hydrogens (tertiary/aromatic N) is 1. The van der Waals surface area contributed by atoms with E-state index < -0.39 is 24.1 Å². The molecule has 1 aliphatic heterocycles. The predicted molar refractivity (Wildman–Crippen MR) is 82.2 cm³/mol. The topological polar surface area (TPSA) is 53.6 Å². The lowest BCUT2D eigenvalue weighted by Gasteiger charge is -2.32. The summed E-state index contributed by atoms with van der Waals surface area (Å²) in [6.45, 7) is 7.95. The normalized spacial score (nSPS) is 20.4. The summed E-state index contributed by atoms with van der Waals surface area (Å²) >= 11 is 6.21. The van der Waals surface area contributed by atoms with Gasteiger partial charge in [-0.1, -0.05) is 11.6 Å². The van der Waals surface area contributed by atoms with E-state index in [2.05, 4.69) is 0 Å². The standard InChI is InChI=1S/C14H17BClNO4/c1-13(2)14(3,4)21-15(20-13)8-6-9(16)11-10(7-8)17(5)12(18)19-11/h6-7H,1-5H3. The first-order valence-corrected chi connectivity index (χ1v) is 7.15. The Morgan fingerprint density at radius 1 is 1.14 bits per heavy atom. The highest BCUT2D eigenvalue weighted by Gasteiger charge is 2.51. The van der Waals surface area contributed by atoms with Crippen LogP contribution in [0.25, 0.3) is 11.1 Å². The van der Waals surface area contributed by atoms with Crippen molar-refractivity contribution in [2.45, 2.75) is 38.9 Å². The lowest BCUT2D eigenvalue weighted by atomic mass is 9.79. The van der Waals surface area contributed by atoms with Crippen LogP contribution in [0.2, 0.25) is 5.02 Å². The minimum atomic E-state index is -0.526. The third-order valence-electron chi connectivity index (χ3n) is 4.40. The maximum absolute atomic E-state index is 11.6. The van der Waals surface area contributed by atoms with Crippen LogP contribution in [0.1, 0.15) is 27.7 Å². The average molecular weight is 310 g/mol. The van der Waals surface area contributed by atoms with Crippen LogP contribution in [-0.4, -0.2) is 22.9 Å². The minimum Gasteiger partial charge on any atom is -0.406 e. The monoisotopic (exact) mass is 309 g/mol. The molecule has 5 nitrogen and oxygen atoms in total. The maximum atomic E-state index is 11.6. The van der Waals surface area contributed by atoms with Crippen molar-refractivity contribution in [1.82, 2.24) is 4.57 Å². The first kappa shape index (κ1) is 14.7. The second-order valence-electron chi connectivity index (χ2n) is 6.37. The van der Waals surface area contributed by atoms with Crippen molar-refractivity contribution in [3.63, 3.8) is 0 Å². The van der Waals surface area contributed by atoms with Crippen LogP contribution in [0.3, 0.4) is 0 Å². The number of hydrogen-bond acceptors (Lipinski definition) is 4. The minimum absolute atomic E-state index is 0.370. The maximum Gasteiger partial charge on any atom is 0.494 e. The smallest absolute Gasteiger partial charge is 0.406 e. The van der Waals surface area contributed by atoms with Crippen molar-refractivity contribution in [3.05, 3.63) is 27.7 Å². The molecule has 0 amide bonds. The van der Waals surface area contributed by atoms with E-state index in [-0.39, 0.29) is 0 Å². The number of aromatic nitrogens is 1. The number of benzene rings is 1. The van der Waals surface area contributed by atoms with Crippen molar-refractivity contribution in [2.75, 3.05) is 0 Å². The molecule has 7 heteroatoms. The number of hydrogen-bond donors (Lipinski definition) is 0. The molecule has 0 N–H and O–H groups in total. The van der Waals surface area contributed by atoms with E-state index >= 15 is 0 Å². The van der Waals surface area contributed by atoms with E-state index in [1.54, 1.807) is 13.1 Å². The summed E-state index contributed by atoms with van der Waals surface area (Å²) in [6.07, 6.45) is 0. The number of halogens is 1. The second kappa shape index (κ2) is 4.38. The summed E-state index contributed by atoms with van der Waals surface area (Å²) in [5.41, 5.74) is 0.909. The SMILES string of the molecule is Cn1c(=O)oc2c(Cl)cc(B3OC(C)(C)C(C)(C)O3)cc21. The fourth-order valence-corrected chi connectivity index (χ4v) is 2.58. The molecule has 0 saturated carbocycles. The van der Waals surface area contributed by atoms with E-state index in [9.17, 15) is 4.79 Å². The van der Waals surface area contributed by atoms with Gasteiger partial charge in [0, 0.05) is 7.05 Å².